The Morgan fingerprint density at radius 1 is 1.53 bits per heavy atom. The minimum absolute atomic E-state index is 0.209. The summed E-state index contributed by atoms with van der Waals surface area (Å²) in [5.74, 6) is -0.380. The molecule has 0 bridgehead atoms. The summed E-state index contributed by atoms with van der Waals surface area (Å²) >= 11 is 5.84. The van der Waals surface area contributed by atoms with Crippen LogP contribution in [-0.4, -0.2) is 24.4 Å². The number of methoxy groups -OCH3 is 1. The van der Waals surface area contributed by atoms with Crippen molar-refractivity contribution in [3.05, 3.63) is 34.6 Å². The van der Waals surface area contributed by atoms with Gasteiger partial charge in [-0.3, -0.25) is 0 Å². The van der Waals surface area contributed by atoms with Crippen LogP contribution in [0.25, 0.3) is 0 Å². The van der Waals surface area contributed by atoms with Gasteiger partial charge in [-0.2, -0.15) is 0 Å². The van der Waals surface area contributed by atoms with Crippen LogP contribution in [0.3, 0.4) is 0 Å². The molecule has 15 heavy (non-hydrogen) atoms. The Bertz CT molecular complexity index is 339. The lowest BCUT2D eigenvalue weighted by Gasteiger charge is -2.22. The molecule has 0 saturated heterocycles. The fourth-order valence-electron chi connectivity index (χ4n) is 1.44. The maximum absolute atomic E-state index is 12.8. The molecular weight excluding hydrogens is 219 g/mol. The van der Waals surface area contributed by atoms with E-state index in [-0.39, 0.29) is 12.4 Å². The molecule has 1 aromatic rings. The van der Waals surface area contributed by atoms with Crippen LogP contribution in [0.1, 0.15) is 12.5 Å². The molecule has 1 N–H and O–H groups in total. The first-order chi connectivity index (χ1) is 6.94. The summed E-state index contributed by atoms with van der Waals surface area (Å²) in [5.41, 5.74) is -0.281. The lowest BCUT2D eigenvalue weighted by Crippen LogP contribution is -2.32. The molecule has 1 unspecified atom stereocenters. The zero-order valence-electron chi connectivity index (χ0n) is 8.76. The summed E-state index contributed by atoms with van der Waals surface area (Å²) in [6, 6.07) is 4.13. The van der Waals surface area contributed by atoms with Gasteiger partial charge < -0.3 is 9.84 Å². The van der Waals surface area contributed by atoms with Crippen molar-refractivity contribution >= 4 is 11.6 Å². The van der Waals surface area contributed by atoms with Gasteiger partial charge in [0.05, 0.1) is 12.2 Å². The monoisotopic (exact) mass is 232 g/mol. The van der Waals surface area contributed by atoms with Gasteiger partial charge in [-0.05, 0) is 24.6 Å². The number of hydrogen-bond acceptors (Lipinski definition) is 2. The molecule has 0 heterocycles. The molecule has 0 spiro atoms. The molecule has 0 radical (unpaired) electrons. The molecule has 0 aromatic heterocycles. The first kappa shape index (κ1) is 12.4. The SMILES string of the molecule is COCC(C)(O)Cc1ccc(F)cc1Cl. The number of hydrogen-bond donors (Lipinski definition) is 1. The smallest absolute Gasteiger partial charge is 0.124 e. The second kappa shape index (κ2) is 4.92. The Labute approximate surface area is 93.6 Å². The first-order valence-electron chi connectivity index (χ1n) is 4.60. The maximum atomic E-state index is 12.8. The van der Waals surface area contributed by atoms with Crippen molar-refractivity contribution in [1.82, 2.24) is 0 Å². The van der Waals surface area contributed by atoms with Gasteiger partial charge in [-0.1, -0.05) is 17.7 Å². The zero-order chi connectivity index (χ0) is 11.5. The summed E-state index contributed by atoms with van der Waals surface area (Å²) in [7, 11) is 1.51. The minimum Gasteiger partial charge on any atom is -0.387 e. The van der Waals surface area contributed by atoms with Crippen molar-refractivity contribution in [1.29, 1.82) is 0 Å². The van der Waals surface area contributed by atoms with Crippen LogP contribution in [0.5, 0.6) is 0 Å². The average Bonchev–Trinajstić information content (AvgIpc) is 2.09. The molecule has 0 fully saturated rings. The molecule has 1 rings (SSSR count). The van der Waals surface area contributed by atoms with Gasteiger partial charge in [-0.25, -0.2) is 4.39 Å². The molecule has 0 aliphatic heterocycles. The molecular formula is C11H14ClFO2. The fourth-order valence-corrected chi connectivity index (χ4v) is 1.67. The van der Waals surface area contributed by atoms with E-state index < -0.39 is 5.60 Å². The summed E-state index contributed by atoms with van der Waals surface area (Å²) < 4.78 is 17.6. The number of aliphatic hydroxyl groups is 1. The van der Waals surface area contributed by atoms with Crippen molar-refractivity contribution in [2.75, 3.05) is 13.7 Å². The van der Waals surface area contributed by atoms with Crippen LogP contribution < -0.4 is 0 Å². The van der Waals surface area contributed by atoms with Crippen molar-refractivity contribution in [3.63, 3.8) is 0 Å². The second-order valence-corrected chi connectivity index (χ2v) is 4.25. The van der Waals surface area contributed by atoms with E-state index in [4.69, 9.17) is 16.3 Å². The highest BCUT2D eigenvalue weighted by molar-refractivity contribution is 6.31. The Morgan fingerprint density at radius 2 is 2.20 bits per heavy atom. The predicted octanol–water partition coefficient (Wildman–Crippen LogP) is 2.42. The lowest BCUT2D eigenvalue weighted by atomic mass is 9.97. The van der Waals surface area contributed by atoms with E-state index in [9.17, 15) is 9.50 Å². The highest BCUT2D eigenvalue weighted by atomic mass is 35.5. The Balaban J connectivity index is 2.80. The molecule has 0 aliphatic rings. The van der Waals surface area contributed by atoms with Crippen LogP contribution in [0.15, 0.2) is 18.2 Å². The molecule has 2 nitrogen and oxygen atoms in total. The highest BCUT2D eigenvalue weighted by Crippen LogP contribution is 2.22. The summed E-state index contributed by atoms with van der Waals surface area (Å²) in [5, 5.41) is 10.2. The van der Waals surface area contributed by atoms with Crippen molar-refractivity contribution < 1.29 is 14.2 Å². The van der Waals surface area contributed by atoms with Gasteiger partial charge in [0.25, 0.3) is 0 Å². The molecule has 84 valence electrons. The number of benzene rings is 1. The molecule has 1 atom stereocenters. The van der Waals surface area contributed by atoms with Crippen LogP contribution in [-0.2, 0) is 11.2 Å². The van der Waals surface area contributed by atoms with Gasteiger partial charge in [0.15, 0.2) is 0 Å². The maximum Gasteiger partial charge on any atom is 0.124 e. The van der Waals surface area contributed by atoms with E-state index in [2.05, 4.69) is 0 Å². The Morgan fingerprint density at radius 3 is 2.73 bits per heavy atom. The summed E-state index contributed by atoms with van der Waals surface area (Å²) in [6.07, 6.45) is 0.333. The minimum atomic E-state index is -0.990. The van der Waals surface area contributed by atoms with Crippen molar-refractivity contribution in [2.24, 2.45) is 0 Å². The largest absolute Gasteiger partial charge is 0.387 e. The Kier molecular flexibility index (Phi) is 4.08. The molecule has 0 amide bonds. The topological polar surface area (TPSA) is 29.5 Å². The highest BCUT2D eigenvalue weighted by Gasteiger charge is 2.22. The van der Waals surface area contributed by atoms with E-state index in [1.54, 1.807) is 13.0 Å². The van der Waals surface area contributed by atoms with Crippen molar-refractivity contribution in [3.8, 4) is 0 Å². The standard InChI is InChI=1S/C11H14ClFO2/c1-11(14,7-15-2)6-8-3-4-9(13)5-10(8)12/h3-5,14H,6-7H2,1-2H3. The Hall–Kier alpha value is -0.640. The third-order valence-electron chi connectivity index (χ3n) is 2.04. The fraction of sp³-hybridized carbons (Fsp3) is 0.455. The molecule has 0 aliphatic carbocycles. The van der Waals surface area contributed by atoms with Gasteiger partial charge in [0.2, 0.25) is 0 Å². The van der Waals surface area contributed by atoms with Crippen LogP contribution in [0.2, 0.25) is 5.02 Å². The first-order valence-corrected chi connectivity index (χ1v) is 4.98. The quantitative estimate of drug-likeness (QED) is 0.864. The van der Waals surface area contributed by atoms with E-state index in [1.165, 1.54) is 19.2 Å². The van der Waals surface area contributed by atoms with Crippen LogP contribution in [0.4, 0.5) is 4.39 Å². The third-order valence-corrected chi connectivity index (χ3v) is 2.39. The summed E-state index contributed by atoms with van der Waals surface area (Å²) in [6.45, 7) is 1.86. The normalized spacial score (nSPS) is 15.0. The van der Waals surface area contributed by atoms with Gasteiger partial charge in [0, 0.05) is 18.6 Å². The van der Waals surface area contributed by atoms with Crippen molar-refractivity contribution in [2.45, 2.75) is 18.9 Å². The van der Waals surface area contributed by atoms with Crippen LogP contribution >= 0.6 is 11.6 Å². The van der Waals surface area contributed by atoms with Gasteiger partial charge in [-0.15, -0.1) is 0 Å². The molecule has 4 heteroatoms. The van der Waals surface area contributed by atoms with Crippen LogP contribution in [0, 0.1) is 5.82 Å². The number of ether oxygens (including phenoxy) is 1. The molecule has 0 saturated carbocycles. The number of rotatable bonds is 4. The van der Waals surface area contributed by atoms with Gasteiger partial charge >= 0.3 is 0 Å². The van der Waals surface area contributed by atoms with E-state index in [0.29, 0.717) is 17.0 Å². The van der Waals surface area contributed by atoms with Gasteiger partial charge in [0.1, 0.15) is 5.82 Å². The summed E-state index contributed by atoms with van der Waals surface area (Å²) in [4.78, 5) is 0. The third kappa shape index (κ3) is 3.78. The van der Waals surface area contributed by atoms with E-state index in [0.717, 1.165) is 0 Å². The second-order valence-electron chi connectivity index (χ2n) is 3.84. The molecule has 1 aromatic carbocycles. The number of halogens is 2. The van der Waals surface area contributed by atoms with E-state index >= 15 is 0 Å². The zero-order valence-corrected chi connectivity index (χ0v) is 9.51. The predicted molar refractivity (Wildman–Crippen MR) is 57.6 cm³/mol. The van der Waals surface area contributed by atoms with E-state index in [1.807, 2.05) is 0 Å². The lowest BCUT2D eigenvalue weighted by molar-refractivity contribution is -0.0161. The average molecular weight is 233 g/mol.